The number of thioether (sulfide) groups is 1. The highest BCUT2D eigenvalue weighted by atomic mass is 32.2. The maximum atomic E-state index is 11.2. The van der Waals surface area contributed by atoms with Gasteiger partial charge in [-0.1, -0.05) is 24.3 Å². The van der Waals surface area contributed by atoms with Gasteiger partial charge in [-0.2, -0.15) is 5.10 Å². The number of nitrogens with zero attached hydrogens (tertiary/aromatic N) is 2. The molecule has 0 saturated carbocycles. The molecule has 1 aliphatic rings. The molecule has 0 radical (unpaired) electrons. The normalized spacial score (nSPS) is 12.5. The van der Waals surface area contributed by atoms with Gasteiger partial charge in [0.2, 0.25) is 5.91 Å². The van der Waals surface area contributed by atoms with Crippen LogP contribution in [0.15, 0.2) is 53.4 Å². The van der Waals surface area contributed by atoms with E-state index in [1.165, 1.54) is 11.8 Å². The molecule has 26 heavy (non-hydrogen) atoms. The highest BCUT2D eigenvalue weighted by Crippen LogP contribution is 2.32. The van der Waals surface area contributed by atoms with Crippen molar-refractivity contribution in [3.63, 3.8) is 0 Å². The Morgan fingerprint density at radius 3 is 2.88 bits per heavy atom. The van der Waals surface area contributed by atoms with Crippen LogP contribution in [0.2, 0.25) is 0 Å². The van der Waals surface area contributed by atoms with Gasteiger partial charge in [-0.25, -0.2) is 0 Å². The van der Waals surface area contributed by atoms with Crippen LogP contribution in [0.3, 0.4) is 0 Å². The molecule has 6 heteroatoms. The van der Waals surface area contributed by atoms with E-state index in [1.54, 1.807) is 11.8 Å². The molecule has 132 valence electrons. The number of fused-ring (bicyclic) bond motifs is 2. The van der Waals surface area contributed by atoms with Crippen molar-refractivity contribution < 1.29 is 9.53 Å². The number of aromatic nitrogens is 2. The topological polar surface area (TPSA) is 56.2 Å². The highest BCUT2D eigenvalue weighted by molar-refractivity contribution is 7.98. The molecule has 5 nitrogen and oxygen atoms in total. The van der Waals surface area contributed by atoms with Crippen LogP contribution in [0.1, 0.15) is 18.2 Å². The van der Waals surface area contributed by atoms with Gasteiger partial charge in [0.15, 0.2) is 0 Å². The number of rotatable bonds is 3. The fraction of sp³-hybridized carbons (Fsp3) is 0.200. The van der Waals surface area contributed by atoms with E-state index in [4.69, 9.17) is 9.84 Å². The Kier molecular flexibility index (Phi) is 4.42. The Bertz CT molecular complexity index is 981. The molecule has 0 atom stereocenters. The second-order valence-electron chi connectivity index (χ2n) is 6.17. The fourth-order valence-electron chi connectivity index (χ4n) is 3.11. The zero-order valence-corrected chi connectivity index (χ0v) is 15.5. The summed E-state index contributed by atoms with van der Waals surface area (Å²) in [4.78, 5) is 12.5. The van der Waals surface area contributed by atoms with E-state index in [1.807, 2.05) is 35.0 Å². The number of ether oxygens (including phenoxy) is 1. The monoisotopic (exact) mass is 365 g/mol. The van der Waals surface area contributed by atoms with Crippen LogP contribution in [0.25, 0.3) is 11.3 Å². The summed E-state index contributed by atoms with van der Waals surface area (Å²) < 4.78 is 7.98. The van der Waals surface area contributed by atoms with E-state index in [0.29, 0.717) is 13.2 Å². The van der Waals surface area contributed by atoms with Crippen LogP contribution in [0, 0.1) is 0 Å². The van der Waals surface area contributed by atoms with E-state index in [9.17, 15) is 4.79 Å². The van der Waals surface area contributed by atoms with Crippen LogP contribution in [0.5, 0.6) is 5.75 Å². The zero-order chi connectivity index (χ0) is 18.1. The molecule has 1 amide bonds. The average molecular weight is 365 g/mol. The lowest BCUT2D eigenvalue weighted by Crippen LogP contribution is -2.06. The van der Waals surface area contributed by atoms with E-state index in [2.05, 4.69) is 29.8 Å². The first-order valence-electron chi connectivity index (χ1n) is 8.37. The number of benzene rings is 2. The van der Waals surface area contributed by atoms with Gasteiger partial charge < -0.3 is 10.1 Å². The molecule has 4 rings (SSSR count). The number of hydrogen-bond donors (Lipinski definition) is 1. The minimum atomic E-state index is -0.0939. The summed E-state index contributed by atoms with van der Waals surface area (Å²) in [7, 11) is 0. The summed E-state index contributed by atoms with van der Waals surface area (Å²) in [6.45, 7) is 2.59. The third kappa shape index (κ3) is 3.20. The summed E-state index contributed by atoms with van der Waals surface area (Å²) in [5.41, 5.74) is 4.93. The van der Waals surface area contributed by atoms with Gasteiger partial charge in [-0.3, -0.25) is 9.48 Å². The largest absolute Gasteiger partial charge is 0.487 e. The van der Waals surface area contributed by atoms with Crippen molar-refractivity contribution in [1.29, 1.82) is 0 Å². The van der Waals surface area contributed by atoms with Crippen molar-refractivity contribution in [1.82, 2.24) is 9.78 Å². The zero-order valence-electron chi connectivity index (χ0n) is 14.7. The standard InChI is InChI=1S/C20H19N3O2S/c1-13(24)21-15-8-7-14-11-23-16(12-25-19(14)9-15)10-18(22-23)17-5-3-4-6-20(17)26-2/h3-10H,11-12H2,1-2H3,(H,21,24). The summed E-state index contributed by atoms with van der Waals surface area (Å²) in [5.74, 6) is 0.691. The van der Waals surface area contributed by atoms with E-state index in [0.717, 1.165) is 34.0 Å². The average Bonchev–Trinajstić information content (AvgIpc) is 2.96. The quantitative estimate of drug-likeness (QED) is 0.708. The van der Waals surface area contributed by atoms with Gasteiger partial charge >= 0.3 is 0 Å². The molecule has 1 aliphatic heterocycles. The van der Waals surface area contributed by atoms with Crippen molar-refractivity contribution in [3.05, 3.63) is 59.8 Å². The van der Waals surface area contributed by atoms with Crippen LogP contribution >= 0.6 is 11.8 Å². The molecule has 0 aliphatic carbocycles. The SMILES string of the molecule is CSc1ccccc1-c1cc2n(n1)Cc1ccc(NC(C)=O)cc1OC2. The molecule has 3 aromatic rings. The third-order valence-corrected chi connectivity index (χ3v) is 5.13. The molecule has 0 unspecified atom stereocenters. The number of carbonyl (C=O) groups is 1. The first-order valence-corrected chi connectivity index (χ1v) is 9.60. The van der Waals surface area contributed by atoms with Crippen LogP contribution < -0.4 is 10.1 Å². The van der Waals surface area contributed by atoms with E-state index >= 15 is 0 Å². The lowest BCUT2D eigenvalue weighted by molar-refractivity contribution is -0.114. The minimum absolute atomic E-state index is 0.0939. The van der Waals surface area contributed by atoms with E-state index < -0.39 is 0 Å². The van der Waals surface area contributed by atoms with Gasteiger partial charge in [0.1, 0.15) is 12.4 Å². The lowest BCUT2D eigenvalue weighted by Gasteiger charge is -2.10. The second kappa shape index (κ2) is 6.88. The Morgan fingerprint density at radius 2 is 2.08 bits per heavy atom. The predicted octanol–water partition coefficient (Wildman–Crippen LogP) is 4.17. The number of amides is 1. The molecule has 1 aromatic heterocycles. The Hall–Kier alpha value is -2.73. The molecule has 2 aromatic carbocycles. The summed E-state index contributed by atoms with van der Waals surface area (Å²) in [5, 5.41) is 7.60. The molecule has 2 heterocycles. The lowest BCUT2D eigenvalue weighted by atomic mass is 10.1. The van der Waals surface area contributed by atoms with E-state index in [-0.39, 0.29) is 5.91 Å². The Morgan fingerprint density at radius 1 is 1.23 bits per heavy atom. The number of carbonyl (C=O) groups excluding carboxylic acids is 1. The molecule has 0 saturated heterocycles. The first kappa shape index (κ1) is 16.7. The van der Waals surface area contributed by atoms with Crippen LogP contribution in [-0.2, 0) is 17.9 Å². The number of anilines is 1. The van der Waals surface area contributed by atoms with Crippen molar-refractivity contribution in [2.24, 2.45) is 0 Å². The molecular formula is C20H19N3O2S. The van der Waals surface area contributed by atoms with Gasteiger partial charge in [-0.05, 0) is 24.5 Å². The number of nitrogens with one attached hydrogen (secondary N) is 1. The van der Waals surface area contributed by atoms with Gasteiger partial charge in [0.25, 0.3) is 0 Å². The number of hydrogen-bond acceptors (Lipinski definition) is 4. The summed E-state index contributed by atoms with van der Waals surface area (Å²) in [6.07, 6.45) is 2.08. The maximum absolute atomic E-state index is 11.2. The van der Waals surface area contributed by atoms with Crippen molar-refractivity contribution >= 4 is 23.4 Å². The molecule has 0 spiro atoms. The molecule has 0 fully saturated rings. The van der Waals surface area contributed by atoms with Gasteiger partial charge in [0.05, 0.1) is 17.9 Å². The highest BCUT2D eigenvalue weighted by Gasteiger charge is 2.18. The fourth-order valence-corrected chi connectivity index (χ4v) is 3.72. The van der Waals surface area contributed by atoms with Crippen molar-refractivity contribution in [3.8, 4) is 17.0 Å². The predicted molar refractivity (Wildman–Crippen MR) is 104 cm³/mol. The van der Waals surface area contributed by atoms with Crippen molar-refractivity contribution in [2.45, 2.75) is 25.0 Å². The smallest absolute Gasteiger partial charge is 0.221 e. The van der Waals surface area contributed by atoms with Crippen LogP contribution in [0.4, 0.5) is 5.69 Å². The maximum Gasteiger partial charge on any atom is 0.221 e. The molecular weight excluding hydrogens is 346 g/mol. The molecule has 0 bridgehead atoms. The van der Waals surface area contributed by atoms with Gasteiger partial charge in [-0.15, -0.1) is 11.8 Å². The minimum Gasteiger partial charge on any atom is -0.487 e. The third-order valence-electron chi connectivity index (χ3n) is 4.33. The first-order chi connectivity index (χ1) is 12.6. The molecule has 1 N–H and O–H groups in total. The second-order valence-corrected chi connectivity index (χ2v) is 7.02. The van der Waals surface area contributed by atoms with Crippen LogP contribution in [-0.4, -0.2) is 21.9 Å². The summed E-state index contributed by atoms with van der Waals surface area (Å²) in [6, 6.07) is 16.1. The Balaban J connectivity index is 1.66. The Labute approximate surface area is 156 Å². The summed E-state index contributed by atoms with van der Waals surface area (Å²) >= 11 is 1.72. The van der Waals surface area contributed by atoms with Crippen molar-refractivity contribution in [2.75, 3.05) is 11.6 Å². The van der Waals surface area contributed by atoms with Gasteiger partial charge in [0, 0.05) is 34.7 Å².